The summed E-state index contributed by atoms with van der Waals surface area (Å²) in [6, 6.07) is 12.9. The number of fused-ring (bicyclic) bond motifs is 1. The number of hydrogen-bond donors (Lipinski definition) is 2. The van der Waals surface area contributed by atoms with Crippen molar-refractivity contribution in [1.82, 2.24) is 10.2 Å². The van der Waals surface area contributed by atoms with Crippen LogP contribution in [0, 0.1) is 0 Å². The van der Waals surface area contributed by atoms with E-state index >= 15 is 0 Å². The van der Waals surface area contributed by atoms with Crippen molar-refractivity contribution in [3.63, 3.8) is 0 Å². The quantitative estimate of drug-likeness (QED) is 0.749. The molecule has 0 spiro atoms. The first-order valence-electron chi connectivity index (χ1n) is 5.63. The van der Waals surface area contributed by atoms with Gasteiger partial charge in [0.05, 0.1) is 5.69 Å². The number of aromatic nitrogens is 2. The number of carbonyl (C=O) groups is 1. The van der Waals surface area contributed by atoms with Crippen LogP contribution in [0.5, 0.6) is 0 Å². The summed E-state index contributed by atoms with van der Waals surface area (Å²) in [4.78, 5) is 10.9. The highest BCUT2D eigenvalue weighted by Gasteiger charge is 2.12. The molecule has 0 aliphatic carbocycles. The summed E-state index contributed by atoms with van der Waals surface area (Å²) in [5.74, 6) is -1.04. The largest absolute Gasteiger partial charge is 0.477 e. The Morgan fingerprint density at radius 1 is 1.21 bits per heavy atom. The molecule has 0 saturated carbocycles. The molecule has 3 aromatic rings. The van der Waals surface area contributed by atoms with E-state index in [-0.39, 0.29) is 5.69 Å². The van der Waals surface area contributed by atoms with Crippen molar-refractivity contribution < 1.29 is 9.90 Å². The van der Waals surface area contributed by atoms with Crippen LogP contribution in [-0.2, 0) is 0 Å². The van der Waals surface area contributed by atoms with Crippen LogP contribution in [0.15, 0.2) is 42.5 Å². The monoisotopic (exact) mass is 272 g/mol. The summed E-state index contributed by atoms with van der Waals surface area (Å²) in [7, 11) is 0. The van der Waals surface area contributed by atoms with E-state index < -0.39 is 5.97 Å². The van der Waals surface area contributed by atoms with Crippen LogP contribution in [0.3, 0.4) is 0 Å². The minimum atomic E-state index is -1.04. The number of carboxylic acids is 1. The molecular formula is C14H9ClN2O2. The molecule has 0 radical (unpaired) electrons. The highest BCUT2D eigenvalue weighted by molar-refractivity contribution is 6.36. The average molecular weight is 273 g/mol. The number of nitrogens with one attached hydrogen (secondary N) is 1. The summed E-state index contributed by atoms with van der Waals surface area (Å²) in [6.07, 6.45) is 0. The van der Waals surface area contributed by atoms with Gasteiger partial charge >= 0.3 is 5.97 Å². The lowest BCUT2D eigenvalue weighted by Gasteiger charge is -2.05. The first-order valence-corrected chi connectivity index (χ1v) is 6.01. The summed E-state index contributed by atoms with van der Waals surface area (Å²) in [6.45, 7) is 0. The van der Waals surface area contributed by atoms with Gasteiger partial charge in [-0.15, -0.1) is 0 Å². The molecule has 1 aromatic heterocycles. The minimum absolute atomic E-state index is 0.0547. The molecule has 1 heterocycles. The molecule has 19 heavy (non-hydrogen) atoms. The van der Waals surface area contributed by atoms with Crippen molar-refractivity contribution >= 4 is 28.3 Å². The zero-order chi connectivity index (χ0) is 13.4. The maximum Gasteiger partial charge on any atom is 0.353 e. The van der Waals surface area contributed by atoms with Gasteiger partial charge in [0, 0.05) is 16.0 Å². The third-order valence-corrected chi connectivity index (χ3v) is 3.25. The van der Waals surface area contributed by atoms with Gasteiger partial charge in [-0.1, -0.05) is 41.9 Å². The summed E-state index contributed by atoms with van der Waals surface area (Å²) >= 11 is 6.23. The van der Waals surface area contributed by atoms with Crippen molar-refractivity contribution in [1.29, 1.82) is 0 Å². The number of aromatic amines is 1. The molecule has 0 unspecified atom stereocenters. The number of aromatic carboxylic acids is 1. The van der Waals surface area contributed by atoms with Crippen molar-refractivity contribution in [2.45, 2.75) is 0 Å². The van der Waals surface area contributed by atoms with Gasteiger partial charge in [-0.3, -0.25) is 5.10 Å². The maximum atomic E-state index is 10.9. The van der Waals surface area contributed by atoms with E-state index in [1.807, 2.05) is 30.3 Å². The molecule has 2 N–H and O–H groups in total. The minimum Gasteiger partial charge on any atom is -0.477 e. The lowest BCUT2D eigenvalue weighted by atomic mass is 10.0. The Morgan fingerprint density at radius 3 is 2.63 bits per heavy atom. The van der Waals surface area contributed by atoms with E-state index in [1.165, 1.54) is 6.07 Å². The van der Waals surface area contributed by atoms with E-state index in [2.05, 4.69) is 10.2 Å². The van der Waals surface area contributed by atoms with Gasteiger partial charge in [0.2, 0.25) is 0 Å². The third-order valence-electron chi connectivity index (χ3n) is 2.94. The van der Waals surface area contributed by atoms with Crippen LogP contribution in [0.2, 0.25) is 5.02 Å². The Morgan fingerprint density at radius 2 is 1.95 bits per heavy atom. The third kappa shape index (κ3) is 1.96. The molecule has 0 amide bonds. The number of benzene rings is 2. The lowest BCUT2D eigenvalue weighted by molar-refractivity contribution is 0.0690. The van der Waals surface area contributed by atoms with Crippen LogP contribution in [-0.4, -0.2) is 21.3 Å². The number of halogens is 1. The van der Waals surface area contributed by atoms with Gasteiger partial charge in [0.15, 0.2) is 0 Å². The zero-order valence-corrected chi connectivity index (χ0v) is 10.5. The highest BCUT2D eigenvalue weighted by atomic mass is 35.5. The number of hydrogen-bond acceptors (Lipinski definition) is 2. The molecule has 3 rings (SSSR count). The van der Waals surface area contributed by atoms with Crippen LogP contribution < -0.4 is 0 Å². The van der Waals surface area contributed by atoms with E-state index in [0.717, 1.165) is 16.3 Å². The van der Waals surface area contributed by atoms with Gasteiger partial charge in [-0.05, 0) is 17.5 Å². The van der Waals surface area contributed by atoms with Gasteiger partial charge in [0.1, 0.15) is 5.69 Å². The molecule has 0 aliphatic heterocycles. The molecule has 0 fully saturated rings. The highest BCUT2D eigenvalue weighted by Crippen LogP contribution is 2.32. The van der Waals surface area contributed by atoms with E-state index in [9.17, 15) is 4.79 Å². The molecule has 0 atom stereocenters. The SMILES string of the molecule is O=C(O)c1cc(-c2cccc3cccc(Cl)c23)n[nH]1. The normalized spacial score (nSPS) is 10.8. The molecular weight excluding hydrogens is 264 g/mol. The predicted molar refractivity (Wildman–Crippen MR) is 73.5 cm³/mol. The van der Waals surface area contributed by atoms with Crippen LogP contribution >= 0.6 is 11.6 Å². The van der Waals surface area contributed by atoms with E-state index in [0.29, 0.717) is 10.7 Å². The Hall–Kier alpha value is -2.33. The second kappa shape index (κ2) is 4.40. The molecule has 5 heteroatoms. The molecule has 94 valence electrons. The van der Waals surface area contributed by atoms with Gasteiger partial charge in [-0.25, -0.2) is 4.79 Å². The fourth-order valence-corrected chi connectivity index (χ4v) is 2.36. The molecule has 0 saturated heterocycles. The first-order chi connectivity index (χ1) is 9.16. The fraction of sp³-hybridized carbons (Fsp3) is 0. The van der Waals surface area contributed by atoms with Crippen LogP contribution in [0.25, 0.3) is 22.0 Å². The summed E-state index contributed by atoms with van der Waals surface area (Å²) < 4.78 is 0. The Kier molecular flexibility index (Phi) is 2.72. The van der Waals surface area contributed by atoms with Crippen molar-refractivity contribution in [3.05, 3.63) is 53.2 Å². The van der Waals surface area contributed by atoms with Crippen LogP contribution in [0.4, 0.5) is 0 Å². The zero-order valence-electron chi connectivity index (χ0n) is 9.72. The second-order valence-corrected chi connectivity index (χ2v) is 4.52. The first kappa shape index (κ1) is 11.7. The molecule has 0 aliphatic rings. The van der Waals surface area contributed by atoms with Gasteiger partial charge in [0.25, 0.3) is 0 Å². The lowest BCUT2D eigenvalue weighted by Crippen LogP contribution is -1.95. The predicted octanol–water partition coefficient (Wildman–Crippen LogP) is 3.58. The Balaban J connectivity index is 2.27. The number of nitrogens with zero attached hydrogens (tertiary/aromatic N) is 1. The van der Waals surface area contributed by atoms with Crippen molar-refractivity contribution in [2.24, 2.45) is 0 Å². The molecule has 4 nitrogen and oxygen atoms in total. The van der Waals surface area contributed by atoms with E-state index in [4.69, 9.17) is 16.7 Å². The standard InChI is InChI=1S/C14H9ClN2O2/c15-10-6-2-4-8-3-1-5-9(13(8)10)11-7-12(14(18)19)17-16-11/h1-7H,(H,16,17)(H,18,19). The number of H-pyrrole nitrogens is 1. The Labute approximate surface area is 113 Å². The van der Waals surface area contributed by atoms with Gasteiger partial charge in [-0.2, -0.15) is 5.10 Å². The van der Waals surface area contributed by atoms with Crippen molar-refractivity contribution in [2.75, 3.05) is 0 Å². The van der Waals surface area contributed by atoms with Crippen molar-refractivity contribution in [3.8, 4) is 11.3 Å². The van der Waals surface area contributed by atoms with E-state index in [1.54, 1.807) is 6.07 Å². The average Bonchev–Trinajstić information content (AvgIpc) is 2.88. The number of rotatable bonds is 2. The van der Waals surface area contributed by atoms with Crippen LogP contribution in [0.1, 0.15) is 10.5 Å². The Bertz CT molecular complexity index is 775. The fourth-order valence-electron chi connectivity index (χ4n) is 2.08. The topological polar surface area (TPSA) is 66.0 Å². The molecule has 0 bridgehead atoms. The maximum absolute atomic E-state index is 10.9. The smallest absolute Gasteiger partial charge is 0.353 e. The number of carboxylic acid groups (broad SMARTS) is 1. The second-order valence-electron chi connectivity index (χ2n) is 4.12. The summed E-state index contributed by atoms with van der Waals surface area (Å²) in [5.41, 5.74) is 1.43. The molecule has 2 aromatic carbocycles. The van der Waals surface area contributed by atoms with Gasteiger partial charge < -0.3 is 5.11 Å². The summed E-state index contributed by atoms with van der Waals surface area (Å²) in [5, 5.41) is 17.9.